The van der Waals surface area contributed by atoms with E-state index in [9.17, 15) is 0 Å². The number of aryl methyl sites for hydroxylation is 1. The van der Waals surface area contributed by atoms with Gasteiger partial charge in [-0.2, -0.15) is 0 Å². The normalized spacial score (nSPS) is 13.8. The van der Waals surface area contributed by atoms with Crippen LogP contribution in [0.15, 0.2) is 12.1 Å². The smallest absolute Gasteiger partial charge is 0.0303 e. The monoisotopic (exact) mass is 234 g/mol. The maximum atomic E-state index is 6.32. The highest BCUT2D eigenvalue weighted by Gasteiger charge is 2.22. The summed E-state index contributed by atoms with van der Waals surface area (Å²) in [5.74, 6) is 0. The molecule has 0 bridgehead atoms. The van der Waals surface area contributed by atoms with Crippen LogP contribution in [0.25, 0.3) is 0 Å². The van der Waals surface area contributed by atoms with Gasteiger partial charge in [0, 0.05) is 6.04 Å². The van der Waals surface area contributed by atoms with Gasteiger partial charge >= 0.3 is 0 Å². The van der Waals surface area contributed by atoms with Gasteiger partial charge in [-0.15, -0.1) is 0 Å². The average Bonchev–Trinajstić information content (AvgIpc) is 2.25. The molecule has 0 spiro atoms. The molecule has 96 valence electrons. The van der Waals surface area contributed by atoms with Crippen molar-refractivity contribution in [2.75, 3.05) is 6.54 Å². The van der Waals surface area contributed by atoms with E-state index in [1.54, 1.807) is 0 Å². The Morgan fingerprint density at radius 1 is 1.12 bits per heavy atom. The first-order chi connectivity index (χ1) is 7.78. The van der Waals surface area contributed by atoms with Gasteiger partial charge < -0.3 is 11.5 Å². The highest BCUT2D eigenvalue weighted by molar-refractivity contribution is 5.40. The lowest BCUT2D eigenvalue weighted by atomic mass is 9.82. The fraction of sp³-hybridized carbons (Fsp3) is 0.600. The fourth-order valence-electron chi connectivity index (χ4n) is 2.17. The second-order valence-electron chi connectivity index (χ2n) is 5.90. The minimum absolute atomic E-state index is 0.0767. The van der Waals surface area contributed by atoms with Crippen molar-refractivity contribution in [2.45, 2.75) is 47.1 Å². The van der Waals surface area contributed by atoms with E-state index < -0.39 is 0 Å². The third-order valence-corrected chi connectivity index (χ3v) is 3.82. The Kier molecular flexibility index (Phi) is 4.34. The summed E-state index contributed by atoms with van der Waals surface area (Å²) < 4.78 is 0. The summed E-state index contributed by atoms with van der Waals surface area (Å²) in [6, 6.07) is 4.40. The van der Waals surface area contributed by atoms with Gasteiger partial charge in [-0.05, 0) is 61.4 Å². The molecule has 0 saturated heterocycles. The van der Waals surface area contributed by atoms with E-state index in [0.717, 1.165) is 6.42 Å². The van der Waals surface area contributed by atoms with E-state index in [0.29, 0.717) is 6.54 Å². The van der Waals surface area contributed by atoms with E-state index in [-0.39, 0.29) is 11.5 Å². The van der Waals surface area contributed by atoms with E-state index >= 15 is 0 Å². The Morgan fingerprint density at radius 3 is 2.24 bits per heavy atom. The molecule has 4 N–H and O–H groups in total. The van der Waals surface area contributed by atoms with Crippen molar-refractivity contribution in [3.05, 3.63) is 34.4 Å². The van der Waals surface area contributed by atoms with Crippen molar-refractivity contribution in [1.82, 2.24) is 0 Å². The fourth-order valence-corrected chi connectivity index (χ4v) is 2.17. The SMILES string of the molecule is Cc1ccc(C(N)CC(C)(C)CN)c(C)c1C. The van der Waals surface area contributed by atoms with Crippen molar-refractivity contribution in [3.63, 3.8) is 0 Å². The predicted molar refractivity (Wildman–Crippen MR) is 75.0 cm³/mol. The van der Waals surface area contributed by atoms with Crippen LogP contribution in [0, 0.1) is 26.2 Å². The Bertz CT molecular complexity index is 394. The van der Waals surface area contributed by atoms with Gasteiger partial charge in [-0.1, -0.05) is 26.0 Å². The maximum absolute atomic E-state index is 6.32. The molecule has 0 aliphatic rings. The summed E-state index contributed by atoms with van der Waals surface area (Å²) in [5.41, 5.74) is 17.5. The van der Waals surface area contributed by atoms with Crippen LogP contribution >= 0.6 is 0 Å². The minimum Gasteiger partial charge on any atom is -0.330 e. The molecular weight excluding hydrogens is 208 g/mol. The zero-order chi connectivity index (χ0) is 13.2. The first-order valence-corrected chi connectivity index (χ1v) is 6.31. The average molecular weight is 234 g/mol. The highest BCUT2D eigenvalue weighted by Crippen LogP contribution is 2.30. The Labute approximate surface area is 105 Å². The zero-order valence-electron chi connectivity index (χ0n) is 11.8. The number of hydrogen-bond donors (Lipinski definition) is 2. The highest BCUT2D eigenvalue weighted by atomic mass is 14.7. The van der Waals surface area contributed by atoms with Gasteiger partial charge in [0.2, 0.25) is 0 Å². The van der Waals surface area contributed by atoms with Gasteiger partial charge in [0.1, 0.15) is 0 Å². The summed E-state index contributed by atoms with van der Waals surface area (Å²) in [6.45, 7) is 11.5. The largest absolute Gasteiger partial charge is 0.330 e. The van der Waals surface area contributed by atoms with Crippen molar-refractivity contribution in [1.29, 1.82) is 0 Å². The van der Waals surface area contributed by atoms with E-state index in [2.05, 4.69) is 46.8 Å². The quantitative estimate of drug-likeness (QED) is 0.841. The Balaban J connectivity index is 2.98. The van der Waals surface area contributed by atoms with Gasteiger partial charge in [0.25, 0.3) is 0 Å². The predicted octanol–water partition coefficient (Wildman–Crippen LogP) is 2.99. The zero-order valence-corrected chi connectivity index (χ0v) is 11.8. The van der Waals surface area contributed by atoms with Crippen LogP contribution in [0.4, 0.5) is 0 Å². The topological polar surface area (TPSA) is 52.0 Å². The van der Waals surface area contributed by atoms with Crippen molar-refractivity contribution in [2.24, 2.45) is 16.9 Å². The van der Waals surface area contributed by atoms with Crippen LogP contribution in [0.3, 0.4) is 0 Å². The van der Waals surface area contributed by atoms with E-state index in [4.69, 9.17) is 11.5 Å². The summed E-state index contributed by atoms with van der Waals surface area (Å²) in [6.07, 6.45) is 0.923. The van der Waals surface area contributed by atoms with Crippen LogP contribution in [0.2, 0.25) is 0 Å². The lowest BCUT2D eigenvalue weighted by Crippen LogP contribution is -2.29. The third-order valence-electron chi connectivity index (χ3n) is 3.82. The number of nitrogens with two attached hydrogens (primary N) is 2. The van der Waals surface area contributed by atoms with Crippen molar-refractivity contribution >= 4 is 0 Å². The lowest BCUT2D eigenvalue weighted by molar-refractivity contribution is 0.317. The molecule has 2 heteroatoms. The third kappa shape index (κ3) is 3.30. The van der Waals surface area contributed by atoms with Crippen molar-refractivity contribution in [3.8, 4) is 0 Å². The molecule has 17 heavy (non-hydrogen) atoms. The van der Waals surface area contributed by atoms with Crippen LogP contribution < -0.4 is 11.5 Å². The molecule has 1 aromatic carbocycles. The molecule has 1 unspecified atom stereocenters. The molecule has 0 aromatic heterocycles. The Morgan fingerprint density at radius 2 is 1.71 bits per heavy atom. The molecule has 2 nitrogen and oxygen atoms in total. The molecule has 0 fully saturated rings. The number of rotatable bonds is 4. The van der Waals surface area contributed by atoms with E-state index in [1.807, 2.05) is 0 Å². The first-order valence-electron chi connectivity index (χ1n) is 6.31. The molecule has 0 heterocycles. The molecule has 1 rings (SSSR count). The summed E-state index contributed by atoms with van der Waals surface area (Å²) in [4.78, 5) is 0. The van der Waals surface area contributed by atoms with Gasteiger partial charge in [-0.25, -0.2) is 0 Å². The molecule has 0 radical (unpaired) electrons. The summed E-state index contributed by atoms with van der Waals surface area (Å²) in [7, 11) is 0. The first kappa shape index (κ1) is 14.2. The molecule has 0 saturated carbocycles. The van der Waals surface area contributed by atoms with Gasteiger partial charge in [-0.3, -0.25) is 0 Å². The molecule has 0 aliphatic heterocycles. The van der Waals surface area contributed by atoms with Crippen LogP contribution in [0.5, 0.6) is 0 Å². The molecule has 1 aromatic rings. The number of hydrogen-bond acceptors (Lipinski definition) is 2. The second kappa shape index (κ2) is 5.19. The Hall–Kier alpha value is -0.860. The summed E-state index contributed by atoms with van der Waals surface area (Å²) in [5, 5.41) is 0. The molecule has 0 aliphatic carbocycles. The van der Waals surface area contributed by atoms with Crippen molar-refractivity contribution < 1.29 is 0 Å². The lowest BCUT2D eigenvalue weighted by Gasteiger charge is -2.27. The van der Waals surface area contributed by atoms with Crippen LogP contribution in [-0.4, -0.2) is 6.54 Å². The van der Waals surface area contributed by atoms with E-state index in [1.165, 1.54) is 22.3 Å². The standard InChI is InChI=1S/C15H26N2/c1-10-6-7-13(12(3)11(10)2)14(17)8-15(4,5)9-16/h6-7,14H,8-9,16-17H2,1-5H3. The molecule has 0 amide bonds. The van der Waals surface area contributed by atoms with Gasteiger partial charge in [0.05, 0.1) is 0 Å². The van der Waals surface area contributed by atoms with Crippen LogP contribution in [-0.2, 0) is 0 Å². The van der Waals surface area contributed by atoms with Crippen LogP contribution in [0.1, 0.15) is 48.6 Å². The minimum atomic E-state index is 0.0767. The molecule has 1 atom stereocenters. The van der Waals surface area contributed by atoms with Gasteiger partial charge in [0.15, 0.2) is 0 Å². The number of benzene rings is 1. The summed E-state index contributed by atoms with van der Waals surface area (Å²) >= 11 is 0. The maximum Gasteiger partial charge on any atom is 0.0303 e. The molecular formula is C15H26N2. The second-order valence-corrected chi connectivity index (χ2v) is 5.90.